The quantitative estimate of drug-likeness (QED) is 0.283. The van der Waals surface area contributed by atoms with Crippen LogP contribution in [0.1, 0.15) is 5.56 Å². The Bertz CT molecular complexity index is 1810. The van der Waals surface area contributed by atoms with Crippen molar-refractivity contribution in [3.8, 4) is 11.5 Å². The Labute approximate surface area is 211 Å². The SMILES string of the molecule is Cn1cc(/C=C/C(=O)NS(=O)(=O)c2ccc(F)cc2F)c2c(Oc3ccc4ccccc4c3)cccc21. The molecule has 1 amide bonds. The van der Waals surface area contributed by atoms with Gasteiger partial charge in [0.2, 0.25) is 0 Å². The number of amides is 1. The second kappa shape index (κ2) is 9.51. The van der Waals surface area contributed by atoms with Crippen molar-refractivity contribution in [3.63, 3.8) is 0 Å². The molecule has 0 bridgehead atoms. The van der Waals surface area contributed by atoms with Crippen LogP contribution in [-0.2, 0) is 21.9 Å². The number of ether oxygens (including phenoxy) is 1. The Morgan fingerprint density at radius 1 is 0.946 bits per heavy atom. The molecule has 0 saturated heterocycles. The minimum absolute atomic E-state index is 0.433. The van der Waals surface area contributed by atoms with Crippen LogP contribution in [0.2, 0.25) is 0 Å². The molecule has 0 unspecified atom stereocenters. The standard InChI is InChI=1S/C28H20F2N2O4S/c1-32-17-20(10-14-27(33)31-37(34,35)26-13-11-21(29)16-23(26)30)28-24(32)7-4-8-25(28)36-22-12-9-18-5-2-3-6-19(18)15-22/h2-17H,1H3,(H,31,33)/b14-10+. The Kier molecular flexibility index (Phi) is 6.22. The van der Waals surface area contributed by atoms with E-state index in [1.54, 1.807) is 17.0 Å². The smallest absolute Gasteiger partial charge is 0.267 e. The normalized spacial score (nSPS) is 11.9. The van der Waals surface area contributed by atoms with Crippen LogP contribution in [0.25, 0.3) is 27.8 Å². The van der Waals surface area contributed by atoms with Crippen LogP contribution >= 0.6 is 0 Å². The van der Waals surface area contributed by atoms with E-state index in [1.807, 2.05) is 66.2 Å². The fourth-order valence-electron chi connectivity index (χ4n) is 4.10. The van der Waals surface area contributed by atoms with Gasteiger partial charge in [-0.3, -0.25) is 4.79 Å². The van der Waals surface area contributed by atoms with Crippen LogP contribution in [0, 0.1) is 11.6 Å². The Hall–Kier alpha value is -4.50. The lowest BCUT2D eigenvalue weighted by Gasteiger charge is -2.09. The first-order valence-corrected chi connectivity index (χ1v) is 12.6. The minimum Gasteiger partial charge on any atom is -0.457 e. The maximum atomic E-state index is 13.9. The molecule has 0 fully saturated rings. The third kappa shape index (κ3) is 4.94. The zero-order valence-electron chi connectivity index (χ0n) is 19.5. The summed E-state index contributed by atoms with van der Waals surface area (Å²) in [6.07, 6.45) is 4.25. The number of rotatable bonds is 6. The van der Waals surface area contributed by atoms with E-state index in [0.29, 0.717) is 23.1 Å². The highest BCUT2D eigenvalue weighted by molar-refractivity contribution is 7.90. The number of nitrogens with zero attached hydrogens (tertiary/aromatic N) is 1. The summed E-state index contributed by atoms with van der Waals surface area (Å²) in [5.41, 5.74) is 1.44. The van der Waals surface area contributed by atoms with E-state index in [4.69, 9.17) is 4.74 Å². The summed E-state index contributed by atoms with van der Waals surface area (Å²) in [4.78, 5) is 11.6. The molecule has 186 valence electrons. The maximum absolute atomic E-state index is 13.9. The first-order valence-electron chi connectivity index (χ1n) is 11.2. The largest absolute Gasteiger partial charge is 0.457 e. The van der Waals surface area contributed by atoms with Gasteiger partial charge in [-0.25, -0.2) is 21.9 Å². The third-order valence-corrected chi connectivity index (χ3v) is 7.17. The summed E-state index contributed by atoms with van der Waals surface area (Å²) in [5.74, 6) is -2.03. The number of nitrogens with one attached hydrogen (secondary N) is 1. The number of aromatic nitrogens is 1. The first-order chi connectivity index (χ1) is 17.7. The van der Waals surface area contributed by atoms with E-state index in [1.165, 1.54) is 6.08 Å². The molecular weight excluding hydrogens is 498 g/mol. The van der Waals surface area contributed by atoms with Gasteiger partial charge in [0.1, 0.15) is 28.0 Å². The van der Waals surface area contributed by atoms with Gasteiger partial charge in [-0.15, -0.1) is 0 Å². The molecular formula is C28H20F2N2O4S. The van der Waals surface area contributed by atoms with Gasteiger partial charge in [0, 0.05) is 36.3 Å². The Morgan fingerprint density at radius 3 is 2.51 bits per heavy atom. The Morgan fingerprint density at radius 2 is 1.73 bits per heavy atom. The molecule has 0 aliphatic heterocycles. The molecule has 0 radical (unpaired) electrons. The summed E-state index contributed by atoms with van der Waals surface area (Å²) in [6.45, 7) is 0. The molecule has 37 heavy (non-hydrogen) atoms. The van der Waals surface area contributed by atoms with Crippen molar-refractivity contribution in [1.82, 2.24) is 9.29 Å². The molecule has 0 aliphatic rings. The highest BCUT2D eigenvalue weighted by atomic mass is 32.2. The number of fused-ring (bicyclic) bond motifs is 2. The topological polar surface area (TPSA) is 77.4 Å². The third-order valence-electron chi connectivity index (χ3n) is 5.79. The molecule has 1 N–H and O–H groups in total. The van der Waals surface area contributed by atoms with Crippen LogP contribution in [-0.4, -0.2) is 18.9 Å². The molecule has 9 heteroatoms. The number of benzene rings is 4. The van der Waals surface area contributed by atoms with E-state index in [-0.39, 0.29) is 0 Å². The van der Waals surface area contributed by atoms with Crippen molar-refractivity contribution in [3.05, 3.63) is 108 Å². The second-order valence-corrected chi connectivity index (χ2v) is 9.99. The summed E-state index contributed by atoms with van der Waals surface area (Å²) < 4.78 is 61.7. The summed E-state index contributed by atoms with van der Waals surface area (Å²) in [6, 6.07) is 21.2. The highest BCUT2D eigenvalue weighted by Gasteiger charge is 2.21. The van der Waals surface area contributed by atoms with E-state index in [0.717, 1.165) is 39.9 Å². The van der Waals surface area contributed by atoms with Crippen molar-refractivity contribution in [1.29, 1.82) is 0 Å². The van der Waals surface area contributed by atoms with E-state index >= 15 is 0 Å². The number of sulfonamides is 1. The molecule has 1 heterocycles. The Balaban J connectivity index is 1.43. The zero-order chi connectivity index (χ0) is 26.2. The monoisotopic (exact) mass is 518 g/mol. The summed E-state index contributed by atoms with van der Waals surface area (Å²) in [7, 11) is -2.70. The zero-order valence-corrected chi connectivity index (χ0v) is 20.3. The van der Waals surface area contributed by atoms with Gasteiger partial charge >= 0.3 is 0 Å². The number of carbonyl (C=O) groups excluding carboxylic acids is 1. The van der Waals surface area contributed by atoms with Gasteiger partial charge in [0.15, 0.2) is 0 Å². The van der Waals surface area contributed by atoms with Gasteiger partial charge in [0.25, 0.3) is 15.9 Å². The fourth-order valence-corrected chi connectivity index (χ4v) is 5.10. The van der Waals surface area contributed by atoms with Crippen molar-refractivity contribution < 1.29 is 26.7 Å². The molecule has 4 aromatic carbocycles. The fraction of sp³-hybridized carbons (Fsp3) is 0.0357. The van der Waals surface area contributed by atoms with Crippen molar-refractivity contribution in [2.24, 2.45) is 7.05 Å². The van der Waals surface area contributed by atoms with Crippen molar-refractivity contribution in [2.75, 3.05) is 0 Å². The van der Waals surface area contributed by atoms with E-state index < -0.39 is 32.5 Å². The van der Waals surface area contributed by atoms with Gasteiger partial charge in [-0.05, 0) is 53.2 Å². The molecule has 5 aromatic rings. The number of carbonyl (C=O) groups is 1. The van der Waals surface area contributed by atoms with Gasteiger partial charge < -0.3 is 9.30 Å². The summed E-state index contributed by atoms with van der Waals surface area (Å²) >= 11 is 0. The van der Waals surface area contributed by atoms with Gasteiger partial charge in [-0.2, -0.15) is 0 Å². The van der Waals surface area contributed by atoms with Crippen LogP contribution in [0.15, 0.2) is 96.0 Å². The van der Waals surface area contributed by atoms with Crippen LogP contribution in [0.3, 0.4) is 0 Å². The number of aryl methyl sites for hydroxylation is 1. The molecule has 5 rings (SSSR count). The predicted molar refractivity (Wildman–Crippen MR) is 138 cm³/mol. The predicted octanol–water partition coefficient (Wildman–Crippen LogP) is 5.92. The number of hydrogen-bond acceptors (Lipinski definition) is 4. The minimum atomic E-state index is -4.54. The second-order valence-electron chi connectivity index (χ2n) is 8.33. The van der Waals surface area contributed by atoms with Crippen molar-refractivity contribution in [2.45, 2.75) is 4.90 Å². The van der Waals surface area contributed by atoms with Crippen molar-refractivity contribution >= 4 is 43.7 Å². The number of hydrogen-bond donors (Lipinski definition) is 1. The molecule has 0 atom stereocenters. The van der Waals surface area contributed by atoms with E-state index in [9.17, 15) is 22.0 Å². The van der Waals surface area contributed by atoms with Gasteiger partial charge in [0.05, 0.1) is 5.52 Å². The summed E-state index contributed by atoms with van der Waals surface area (Å²) in [5, 5.41) is 2.82. The molecule has 1 aromatic heterocycles. The lowest BCUT2D eigenvalue weighted by atomic mass is 10.1. The molecule has 6 nitrogen and oxygen atoms in total. The average molecular weight is 519 g/mol. The van der Waals surface area contributed by atoms with Crippen LogP contribution < -0.4 is 9.46 Å². The lowest BCUT2D eigenvalue weighted by molar-refractivity contribution is -0.114. The molecule has 0 saturated carbocycles. The van der Waals surface area contributed by atoms with Crippen LogP contribution in [0.5, 0.6) is 11.5 Å². The highest BCUT2D eigenvalue weighted by Crippen LogP contribution is 2.35. The molecule has 0 spiro atoms. The van der Waals surface area contributed by atoms with E-state index in [2.05, 4.69) is 0 Å². The average Bonchev–Trinajstić information content (AvgIpc) is 3.18. The molecule has 0 aliphatic carbocycles. The van der Waals surface area contributed by atoms with Crippen LogP contribution in [0.4, 0.5) is 8.78 Å². The maximum Gasteiger partial charge on any atom is 0.267 e. The first kappa shape index (κ1) is 24.2. The number of halogens is 2. The lowest BCUT2D eigenvalue weighted by Crippen LogP contribution is -2.29. The van der Waals surface area contributed by atoms with Gasteiger partial charge in [-0.1, -0.05) is 36.4 Å².